The second-order valence-corrected chi connectivity index (χ2v) is 15.8. The van der Waals surface area contributed by atoms with Crippen LogP contribution in [-0.4, -0.2) is 140 Å². The maximum Gasteiger partial charge on any atom is 0.220 e. The molecule has 0 saturated carbocycles. The van der Waals surface area contributed by atoms with Crippen molar-refractivity contribution in [2.75, 3.05) is 19.8 Å². The highest BCUT2D eigenvalue weighted by atomic mass is 16.7. The van der Waals surface area contributed by atoms with Gasteiger partial charge in [0.15, 0.2) is 12.6 Å². The fourth-order valence-electron chi connectivity index (χ4n) is 7.28. The largest absolute Gasteiger partial charge is 0.394 e. The number of unbranched alkanes of at least 4 members (excludes halogenated alkanes) is 19. The van der Waals surface area contributed by atoms with E-state index < -0.39 is 86.8 Å². The molecule has 0 spiro atoms. The van der Waals surface area contributed by atoms with E-state index in [4.69, 9.17) is 18.9 Å². The Balaban J connectivity index is 1.76. The van der Waals surface area contributed by atoms with Crippen LogP contribution >= 0.6 is 0 Å². The molecular formula is C42H79NO13. The zero-order chi connectivity index (χ0) is 41.1. The molecule has 2 rings (SSSR count). The summed E-state index contributed by atoms with van der Waals surface area (Å²) in [5.41, 5.74) is 0. The third kappa shape index (κ3) is 19.2. The lowest BCUT2D eigenvalue weighted by atomic mass is 9.97. The van der Waals surface area contributed by atoms with E-state index in [0.29, 0.717) is 6.42 Å². The molecule has 0 aromatic heterocycles. The number of aliphatic hydroxyl groups is 8. The number of hydrogen-bond acceptors (Lipinski definition) is 13. The van der Waals surface area contributed by atoms with Crippen LogP contribution in [0.2, 0.25) is 0 Å². The van der Waals surface area contributed by atoms with Crippen LogP contribution in [0.4, 0.5) is 0 Å². The van der Waals surface area contributed by atoms with E-state index in [1.807, 2.05) is 6.08 Å². The molecule has 2 heterocycles. The molecule has 56 heavy (non-hydrogen) atoms. The van der Waals surface area contributed by atoms with Gasteiger partial charge in [0.1, 0.15) is 48.8 Å². The third-order valence-corrected chi connectivity index (χ3v) is 11.0. The molecule has 14 heteroatoms. The van der Waals surface area contributed by atoms with Gasteiger partial charge in [0.25, 0.3) is 0 Å². The number of carbonyl (C=O) groups is 1. The quantitative estimate of drug-likeness (QED) is 0.0350. The molecular weight excluding hydrogens is 726 g/mol. The van der Waals surface area contributed by atoms with Crippen molar-refractivity contribution < 1.29 is 64.6 Å². The Morgan fingerprint density at radius 1 is 0.625 bits per heavy atom. The van der Waals surface area contributed by atoms with E-state index in [2.05, 4.69) is 19.2 Å². The molecule has 330 valence electrons. The van der Waals surface area contributed by atoms with Crippen molar-refractivity contribution in [1.29, 1.82) is 0 Å². The molecule has 14 nitrogen and oxygen atoms in total. The van der Waals surface area contributed by atoms with Gasteiger partial charge in [-0.2, -0.15) is 0 Å². The second kappa shape index (κ2) is 30.7. The lowest BCUT2D eigenvalue weighted by molar-refractivity contribution is -0.359. The molecule has 0 aromatic carbocycles. The first-order valence-electron chi connectivity index (χ1n) is 21.9. The summed E-state index contributed by atoms with van der Waals surface area (Å²) in [4.78, 5) is 13.0. The number of allylic oxidation sites excluding steroid dienone is 1. The third-order valence-electron chi connectivity index (χ3n) is 11.0. The number of nitrogens with one attached hydrogen (secondary N) is 1. The molecule has 0 aromatic rings. The Labute approximate surface area is 336 Å². The predicted octanol–water partition coefficient (Wildman–Crippen LogP) is 3.65. The van der Waals surface area contributed by atoms with Gasteiger partial charge >= 0.3 is 0 Å². The molecule has 9 N–H and O–H groups in total. The van der Waals surface area contributed by atoms with Crippen molar-refractivity contribution in [3.05, 3.63) is 12.2 Å². The summed E-state index contributed by atoms with van der Waals surface area (Å²) in [6.07, 6.45) is 12.0. The van der Waals surface area contributed by atoms with Crippen molar-refractivity contribution in [1.82, 2.24) is 5.32 Å². The van der Waals surface area contributed by atoms with Crippen LogP contribution < -0.4 is 5.32 Å². The zero-order valence-electron chi connectivity index (χ0n) is 34.4. The lowest BCUT2D eigenvalue weighted by Gasteiger charge is -2.46. The first kappa shape index (κ1) is 50.9. The van der Waals surface area contributed by atoms with Gasteiger partial charge in [-0.1, -0.05) is 148 Å². The Kier molecular flexibility index (Phi) is 27.9. The highest BCUT2D eigenvalue weighted by molar-refractivity contribution is 5.76. The standard InChI is InChI=1S/C42H79NO13/c1-3-5-7-9-10-11-12-13-14-15-16-17-18-19-20-21-22-24-26-34(47)43-30(31(46)25-23-8-6-4-2)29-53-41-39(52)37(50)40(33(28-45)55-41)56-42-38(51)36(49)35(48)32(27-44)54-42/h23,25,30-33,35-42,44-46,48-52H,3-22,24,26-29H2,1-2H3,(H,43,47)/b25-23+. The van der Waals surface area contributed by atoms with Crippen LogP contribution in [-0.2, 0) is 23.7 Å². The summed E-state index contributed by atoms with van der Waals surface area (Å²) in [7, 11) is 0. The fraction of sp³-hybridized carbons (Fsp3) is 0.929. The summed E-state index contributed by atoms with van der Waals surface area (Å²) in [6.45, 7) is 2.61. The molecule has 2 aliphatic heterocycles. The van der Waals surface area contributed by atoms with Gasteiger partial charge < -0.3 is 65.1 Å². The van der Waals surface area contributed by atoms with Crippen molar-refractivity contribution in [3.8, 4) is 0 Å². The Morgan fingerprint density at radius 2 is 1.11 bits per heavy atom. The lowest BCUT2D eigenvalue weighted by Crippen LogP contribution is -2.65. The van der Waals surface area contributed by atoms with Gasteiger partial charge in [0.2, 0.25) is 5.91 Å². The number of hydrogen-bond donors (Lipinski definition) is 9. The average molecular weight is 806 g/mol. The average Bonchev–Trinajstić information content (AvgIpc) is 3.19. The van der Waals surface area contributed by atoms with Crippen LogP contribution in [0.25, 0.3) is 0 Å². The second-order valence-electron chi connectivity index (χ2n) is 15.8. The monoisotopic (exact) mass is 806 g/mol. The van der Waals surface area contributed by atoms with Gasteiger partial charge in [-0.15, -0.1) is 0 Å². The molecule has 12 atom stereocenters. The fourth-order valence-corrected chi connectivity index (χ4v) is 7.28. The topological polar surface area (TPSA) is 228 Å². The Hall–Kier alpha value is -1.27. The smallest absolute Gasteiger partial charge is 0.220 e. The molecule has 0 aliphatic carbocycles. The normalized spacial score (nSPS) is 29.5. The number of aliphatic hydroxyl groups excluding tert-OH is 8. The molecule has 2 fully saturated rings. The maximum absolute atomic E-state index is 13.0. The van der Waals surface area contributed by atoms with Gasteiger partial charge in [0, 0.05) is 6.42 Å². The first-order chi connectivity index (χ1) is 27.1. The summed E-state index contributed by atoms with van der Waals surface area (Å²) < 4.78 is 22.4. The van der Waals surface area contributed by atoms with Gasteiger partial charge in [-0.25, -0.2) is 0 Å². The molecule has 0 bridgehead atoms. The van der Waals surface area contributed by atoms with Crippen molar-refractivity contribution in [2.24, 2.45) is 0 Å². The van der Waals surface area contributed by atoms with E-state index in [1.165, 1.54) is 89.9 Å². The van der Waals surface area contributed by atoms with Crippen LogP contribution in [0.15, 0.2) is 12.2 Å². The summed E-state index contributed by atoms with van der Waals surface area (Å²) in [5.74, 6) is -0.248. The van der Waals surface area contributed by atoms with Crippen molar-refractivity contribution >= 4 is 5.91 Å². The van der Waals surface area contributed by atoms with Crippen molar-refractivity contribution in [2.45, 2.75) is 229 Å². The maximum atomic E-state index is 13.0. The number of carbonyl (C=O) groups excluding carboxylic acids is 1. The predicted molar refractivity (Wildman–Crippen MR) is 212 cm³/mol. The molecule has 0 radical (unpaired) electrons. The van der Waals surface area contributed by atoms with Crippen molar-refractivity contribution in [3.63, 3.8) is 0 Å². The van der Waals surface area contributed by atoms with Crippen LogP contribution in [0, 0.1) is 0 Å². The van der Waals surface area contributed by atoms with E-state index >= 15 is 0 Å². The molecule has 12 unspecified atom stereocenters. The molecule has 2 aliphatic rings. The van der Waals surface area contributed by atoms with Crippen LogP contribution in [0.1, 0.15) is 155 Å². The summed E-state index contributed by atoms with van der Waals surface area (Å²) in [6, 6.07) is -0.903. The van der Waals surface area contributed by atoms with Crippen LogP contribution in [0.5, 0.6) is 0 Å². The van der Waals surface area contributed by atoms with Gasteiger partial charge in [0.05, 0.1) is 32.0 Å². The highest BCUT2D eigenvalue weighted by Gasteiger charge is 2.50. The molecule has 2 saturated heterocycles. The number of amides is 1. The van der Waals surface area contributed by atoms with Crippen LogP contribution in [0.3, 0.4) is 0 Å². The van der Waals surface area contributed by atoms with E-state index in [-0.39, 0.29) is 18.9 Å². The number of ether oxygens (including phenoxy) is 4. The zero-order valence-corrected chi connectivity index (χ0v) is 34.4. The van der Waals surface area contributed by atoms with E-state index in [0.717, 1.165) is 38.5 Å². The minimum atomic E-state index is -1.78. The molecule has 1 amide bonds. The highest BCUT2D eigenvalue weighted by Crippen LogP contribution is 2.30. The minimum Gasteiger partial charge on any atom is -0.394 e. The van der Waals surface area contributed by atoms with E-state index in [9.17, 15) is 45.6 Å². The summed E-state index contributed by atoms with van der Waals surface area (Å²) in [5, 5.41) is 85.8. The van der Waals surface area contributed by atoms with Gasteiger partial charge in [-0.3, -0.25) is 4.79 Å². The first-order valence-corrected chi connectivity index (χ1v) is 21.9. The Morgan fingerprint density at radius 3 is 1.62 bits per heavy atom. The minimum absolute atomic E-state index is 0.248. The summed E-state index contributed by atoms with van der Waals surface area (Å²) >= 11 is 0. The van der Waals surface area contributed by atoms with Gasteiger partial charge in [-0.05, 0) is 12.8 Å². The van der Waals surface area contributed by atoms with E-state index in [1.54, 1.807) is 6.08 Å². The SMILES string of the molecule is CCCC/C=C/C(O)C(COC1OC(CO)C(OC2OC(CO)C(O)C(O)C2O)C(O)C1O)NC(=O)CCCCCCCCCCCCCCCCCCCC. The Bertz CT molecular complexity index is 1000. The number of rotatable bonds is 32.